The Labute approximate surface area is 143 Å². The van der Waals surface area contributed by atoms with E-state index < -0.39 is 8.07 Å². The largest absolute Gasteiger partial charge is 0.102 e. The van der Waals surface area contributed by atoms with Crippen LogP contribution in [0.4, 0.5) is 0 Å². The molecule has 0 spiro atoms. The van der Waals surface area contributed by atoms with Crippen LogP contribution in [0.1, 0.15) is 58.3 Å². The molecule has 1 saturated carbocycles. The van der Waals surface area contributed by atoms with Gasteiger partial charge in [0.25, 0.3) is 0 Å². The lowest BCUT2D eigenvalue weighted by Gasteiger charge is -2.43. The number of rotatable bonds is 6. The number of hydrogen-bond acceptors (Lipinski definition) is 0. The van der Waals surface area contributed by atoms with Crippen LogP contribution in [-0.2, 0) is 0 Å². The molecule has 0 bridgehead atoms. The second-order valence-corrected chi connectivity index (χ2v) is 11.8. The molecule has 2 aliphatic rings. The summed E-state index contributed by atoms with van der Waals surface area (Å²) in [7, 11) is -1.64. The summed E-state index contributed by atoms with van der Waals surface area (Å²) in [5.41, 5.74) is 4.31. The molecule has 23 heavy (non-hydrogen) atoms. The molecule has 1 aromatic rings. The van der Waals surface area contributed by atoms with Crippen LogP contribution in [0.5, 0.6) is 0 Å². The standard InChI is InChI=1S/C22H31Si/c1-3-4-12-19-13-11-18-22(19)23(2,20-14-7-5-8-15-20)21-16-9-6-10-17-21/h5,7-8,11,13-15,18,21H,3-4,6,9-10,12,16-17H2,1-2H3. The van der Waals surface area contributed by atoms with Crippen LogP contribution < -0.4 is 5.19 Å². The van der Waals surface area contributed by atoms with Gasteiger partial charge < -0.3 is 0 Å². The third-order valence-electron chi connectivity index (χ3n) is 6.06. The normalized spacial score (nSPS) is 22.1. The average molecular weight is 324 g/mol. The quantitative estimate of drug-likeness (QED) is 0.554. The maximum absolute atomic E-state index is 2.66. The topological polar surface area (TPSA) is 0 Å². The van der Waals surface area contributed by atoms with E-state index in [1.54, 1.807) is 16.3 Å². The summed E-state index contributed by atoms with van der Waals surface area (Å²) >= 11 is 0. The van der Waals surface area contributed by atoms with Crippen LogP contribution in [0.15, 0.2) is 54.1 Å². The highest BCUT2D eigenvalue weighted by Crippen LogP contribution is 2.46. The van der Waals surface area contributed by atoms with E-state index >= 15 is 0 Å². The first-order chi connectivity index (χ1) is 11.3. The molecule has 0 saturated heterocycles. The van der Waals surface area contributed by atoms with E-state index in [1.807, 2.05) is 0 Å². The molecule has 123 valence electrons. The van der Waals surface area contributed by atoms with Crippen molar-refractivity contribution in [3.05, 3.63) is 59.7 Å². The monoisotopic (exact) mass is 323 g/mol. The molecule has 1 fully saturated rings. The molecule has 1 radical (unpaired) electrons. The maximum atomic E-state index is 2.66. The van der Waals surface area contributed by atoms with Gasteiger partial charge in [0.15, 0.2) is 0 Å². The van der Waals surface area contributed by atoms with E-state index in [9.17, 15) is 0 Å². The first-order valence-corrected chi connectivity index (χ1v) is 12.1. The van der Waals surface area contributed by atoms with Gasteiger partial charge in [-0.1, -0.05) is 111 Å². The molecule has 0 N–H and O–H groups in total. The molecule has 0 amide bonds. The van der Waals surface area contributed by atoms with E-state index in [0.29, 0.717) is 0 Å². The Morgan fingerprint density at radius 1 is 1.04 bits per heavy atom. The van der Waals surface area contributed by atoms with Gasteiger partial charge in [-0.3, -0.25) is 0 Å². The van der Waals surface area contributed by atoms with Gasteiger partial charge >= 0.3 is 0 Å². The summed E-state index contributed by atoms with van der Waals surface area (Å²) in [5.74, 6) is 0. The van der Waals surface area contributed by atoms with Crippen molar-refractivity contribution in [3.63, 3.8) is 0 Å². The molecular weight excluding hydrogens is 292 g/mol. The van der Waals surface area contributed by atoms with Crippen LogP contribution >= 0.6 is 0 Å². The van der Waals surface area contributed by atoms with Crippen molar-refractivity contribution in [1.29, 1.82) is 0 Å². The Morgan fingerprint density at radius 3 is 2.48 bits per heavy atom. The molecule has 3 rings (SSSR count). The van der Waals surface area contributed by atoms with Crippen molar-refractivity contribution in [2.75, 3.05) is 0 Å². The second-order valence-electron chi connectivity index (χ2n) is 7.47. The zero-order valence-corrected chi connectivity index (χ0v) is 15.9. The Hall–Kier alpha value is -1.08. The minimum absolute atomic E-state index is 0.918. The van der Waals surface area contributed by atoms with Gasteiger partial charge in [-0.15, -0.1) is 0 Å². The molecule has 0 aliphatic heterocycles. The highest BCUT2D eigenvalue weighted by molar-refractivity contribution is 6.97. The summed E-state index contributed by atoms with van der Waals surface area (Å²) in [4.78, 5) is 0. The van der Waals surface area contributed by atoms with Crippen molar-refractivity contribution in [2.45, 2.75) is 70.4 Å². The predicted octanol–water partition coefficient (Wildman–Crippen LogP) is 6.11. The molecule has 1 aromatic carbocycles. The van der Waals surface area contributed by atoms with Crippen molar-refractivity contribution >= 4 is 13.3 Å². The maximum Gasteiger partial charge on any atom is 0.102 e. The Bertz CT molecular complexity index is 551. The zero-order chi connectivity index (χ0) is 16.1. The summed E-state index contributed by atoms with van der Waals surface area (Å²) in [6.45, 7) is 4.96. The van der Waals surface area contributed by atoms with Crippen LogP contribution in [0.25, 0.3) is 0 Å². The highest BCUT2D eigenvalue weighted by Gasteiger charge is 2.46. The van der Waals surface area contributed by atoms with Crippen molar-refractivity contribution in [1.82, 2.24) is 0 Å². The lowest BCUT2D eigenvalue weighted by atomic mass is 10.0. The van der Waals surface area contributed by atoms with E-state index in [2.05, 4.69) is 62.0 Å². The van der Waals surface area contributed by atoms with Crippen LogP contribution in [0.2, 0.25) is 12.1 Å². The fourth-order valence-electron chi connectivity index (χ4n) is 4.62. The number of hydrogen-bond donors (Lipinski definition) is 0. The predicted molar refractivity (Wildman–Crippen MR) is 105 cm³/mol. The van der Waals surface area contributed by atoms with Crippen LogP contribution in [-0.4, -0.2) is 8.07 Å². The Balaban J connectivity index is 1.95. The Kier molecular flexibility index (Phi) is 5.58. The second kappa shape index (κ2) is 7.66. The minimum Gasteiger partial charge on any atom is -0.0757 e. The lowest BCUT2D eigenvalue weighted by Crippen LogP contribution is -2.54. The van der Waals surface area contributed by atoms with E-state index in [4.69, 9.17) is 0 Å². The van der Waals surface area contributed by atoms with E-state index in [0.717, 1.165) is 5.54 Å². The molecular formula is C22H31Si. The van der Waals surface area contributed by atoms with Crippen molar-refractivity contribution in [3.8, 4) is 0 Å². The fourth-order valence-corrected chi connectivity index (χ4v) is 9.61. The van der Waals surface area contributed by atoms with Gasteiger partial charge in [0.2, 0.25) is 0 Å². The fraction of sp³-hybridized carbons (Fsp3) is 0.500. The highest BCUT2D eigenvalue weighted by atomic mass is 28.3. The van der Waals surface area contributed by atoms with Gasteiger partial charge in [-0.05, 0) is 18.4 Å². The summed E-state index contributed by atoms with van der Waals surface area (Å²) in [6.07, 6.45) is 18.3. The van der Waals surface area contributed by atoms with E-state index in [-0.39, 0.29) is 0 Å². The summed E-state index contributed by atoms with van der Waals surface area (Å²) < 4.78 is 0. The smallest absolute Gasteiger partial charge is 0.0757 e. The first-order valence-electron chi connectivity index (χ1n) is 9.57. The molecule has 0 heterocycles. The molecule has 0 nitrogen and oxygen atoms in total. The molecule has 1 unspecified atom stereocenters. The van der Waals surface area contributed by atoms with Gasteiger partial charge in [-0.25, -0.2) is 0 Å². The summed E-state index contributed by atoms with van der Waals surface area (Å²) in [5, 5.41) is 1.65. The van der Waals surface area contributed by atoms with Crippen LogP contribution in [0.3, 0.4) is 0 Å². The molecule has 1 atom stereocenters. The van der Waals surface area contributed by atoms with Gasteiger partial charge in [0, 0.05) is 5.54 Å². The minimum atomic E-state index is -1.64. The van der Waals surface area contributed by atoms with Crippen LogP contribution in [0, 0.1) is 5.54 Å². The molecule has 2 aliphatic carbocycles. The van der Waals surface area contributed by atoms with Gasteiger partial charge in [-0.2, -0.15) is 0 Å². The molecule has 0 aromatic heterocycles. The zero-order valence-electron chi connectivity index (χ0n) is 14.9. The number of unbranched alkanes of at least 4 members (excludes halogenated alkanes) is 1. The first kappa shape index (κ1) is 16.8. The molecule has 1 heteroatoms. The number of benzene rings is 1. The summed E-state index contributed by atoms with van der Waals surface area (Å²) in [6, 6.07) is 11.5. The third-order valence-corrected chi connectivity index (χ3v) is 11.4. The van der Waals surface area contributed by atoms with Crippen molar-refractivity contribution < 1.29 is 0 Å². The van der Waals surface area contributed by atoms with E-state index in [1.165, 1.54) is 51.4 Å². The van der Waals surface area contributed by atoms with Gasteiger partial charge in [0.05, 0.1) is 0 Å². The third kappa shape index (κ3) is 3.40. The average Bonchev–Trinajstić information content (AvgIpc) is 3.10. The Morgan fingerprint density at radius 2 is 1.78 bits per heavy atom. The van der Waals surface area contributed by atoms with Crippen molar-refractivity contribution in [2.24, 2.45) is 0 Å². The lowest BCUT2D eigenvalue weighted by molar-refractivity contribution is 0.493. The van der Waals surface area contributed by atoms with Gasteiger partial charge in [0.1, 0.15) is 8.07 Å². The SMILES string of the molecule is CCCCC1=CC=C[C]1[Si](C)(c1ccccc1)C1CCCCC1. The number of allylic oxidation sites excluding steroid dienone is 4.